The Bertz CT molecular complexity index is 430. The highest BCUT2D eigenvalue weighted by Crippen LogP contribution is 2.41. The number of aryl methyl sites for hydroxylation is 1. The fourth-order valence-electron chi connectivity index (χ4n) is 2.77. The Morgan fingerprint density at radius 1 is 1.29 bits per heavy atom. The molecule has 1 aromatic rings. The lowest BCUT2D eigenvalue weighted by atomic mass is 9.75. The minimum absolute atomic E-state index is 0.118. The molecule has 1 fully saturated rings. The van der Waals surface area contributed by atoms with E-state index in [4.69, 9.17) is 0 Å². The van der Waals surface area contributed by atoms with Gasteiger partial charge in [0.25, 0.3) is 0 Å². The van der Waals surface area contributed by atoms with Crippen molar-refractivity contribution in [1.29, 1.82) is 0 Å². The monoisotopic (exact) mass is 240 g/mol. The number of hydrogen-bond donors (Lipinski definition) is 1. The van der Waals surface area contributed by atoms with Gasteiger partial charge in [0.15, 0.2) is 11.6 Å². The topological polar surface area (TPSA) is 20.2 Å². The van der Waals surface area contributed by atoms with Crippen LogP contribution >= 0.6 is 0 Å². The van der Waals surface area contributed by atoms with Crippen molar-refractivity contribution >= 4 is 0 Å². The average Bonchev–Trinajstić information content (AvgIpc) is 2.25. The molecule has 1 saturated carbocycles. The summed E-state index contributed by atoms with van der Waals surface area (Å²) in [7, 11) is 0. The average molecular weight is 240 g/mol. The predicted octanol–water partition coefficient (Wildman–Crippen LogP) is 3.67. The van der Waals surface area contributed by atoms with E-state index in [1.807, 2.05) is 6.92 Å². The summed E-state index contributed by atoms with van der Waals surface area (Å²) in [6.45, 7) is 3.56. The van der Waals surface area contributed by atoms with Crippen molar-refractivity contribution in [3.63, 3.8) is 0 Å². The van der Waals surface area contributed by atoms with Crippen LogP contribution in [0.2, 0.25) is 0 Å². The lowest BCUT2D eigenvalue weighted by molar-refractivity contribution is -0.0212. The summed E-state index contributed by atoms with van der Waals surface area (Å²) in [6, 6.07) is 3.05. The molecular formula is C14H18F2O. The zero-order valence-corrected chi connectivity index (χ0v) is 10.3. The van der Waals surface area contributed by atoms with Gasteiger partial charge in [0.2, 0.25) is 0 Å². The Morgan fingerprint density at radius 3 is 2.65 bits per heavy atom. The van der Waals surface area contributed by atoms with Crippen molar-refractivity contribution in [2.75, 3.05) is 0 Å². The Kier molecular flexibility index (Phi) is 3.21. The molecule has 0 aromatic heterocycles. The number of benzene rings is 1. The third kappa shape index (κ3) is 2.21. The fourth-order valence-corrected chi connectivity index (χ4v) is 2.77. The highest BCUT2D eigenvalue weighted by atomic mass is 19.2. The van der Waals surface area contributed by atoms with Gasteiger partial charge < -0.3 is 5.11 Å². The van der Waals surface area contributed by atoms with E-state index in [9.17, 15) is 13.9 Å². The summed E-state index contributed by atoms with van der Waals surface area (Å²) >= 11 is 0. The molecule has 0 heterocycles. The van der Waals surface area contributed by atoms with E-state index in [2.05, 4.69) is 0 Å². The molecule has 0 radical (unpaired) electrons. The molecule has 1 aliphatic rings. The molecule has 0 saturated heterocycles. The molecule has 0 aliphatic heterocycles. The molecule has 1 N–H and O–H groups in total. The lowest BCUT2D eigenvalue weighted by Crippen LogP contribution is -2.33. The van der Waals surface area contributed by atoms with Crippen LogP contribution < -0.4 is 0 Å². The molecule has 0 amide bonds. The van der Waals surface area contributed by atoms with Crippen LogP contribution in [0.3, 0.4) is 0 Å². The normalized spacial score (nSPS) is 29.4. The van der Waals surface area contributed by atoms with Crippen molar-refractivity contribution in [1.82, 2.24) is 0 Å². The van der Waals surface area contributed by atoms with Crippen LogP contribution in [0.5, 0.6) is 0 Å². The first-order chi connectivity index (χ1) is 7.94. The summed E-state index contributed by atoms with van der Waals surface area (Å²) in [5, 5.41) is 10.5. The van der Waals surface area contributed by atoms with Gasteiger partial charge in [0.05, 0.1) is 5.60 Å². The minimum atomic E-state index is -1.20. The van der Waals surface area contributed by atoms with Crippen LogP contribution in [0.15, 0.2) is 12.1 Å². The first kappa shape index (κ1) is 12.5. The molecule has 0 spiro atoms. The molecule has 1 nitrogen and oxygen atoms in total. The second-order valence-electron chi connectivity index (χ2n) is 5.29. The largest absolute Gasteiger partial charge is 0.385 e. The third-order valence-electron chi connectivity index (χ3n) is 3.75. The molecule has 1 aromatic carbocycles. The summed E-state index contributed by atoms with van der Waals surface area (Å²) in [5.74, 6) is -1.38. The SMILES string of the molecule is Cc1ccc(C2(O)CCCC(C)C2)c(F)c1F. The second-order valence-corrected chi connectivity index (χ2v) is 5.29. The quantitative estimate of drug-likeness (QED) is 0.794. The van der Waals surface area contributed by atoms with Gasteiger partial charge in [-0.2, -0.15) is 0 Å². The van der Waals surface area contributed by atoms with Gasteiger partial charge in [-0.1, -0.05) is 25.5 Å². The van der Waals surface area contributed by atoms with E-state index in [1.165, 1.54) is 19.1 Å². The second kappa shape index (κ2) is 4.37. The van der Waals surface area contributed by atoms with Gasteiger partial charge >= 0.3 is 0 Å². The molecule has 2 atom stereocenters. The number of rotatable bonds is 1. The lowest BCUT2D eigenvalue weighted by Gasteiger charge is -2.36. The first-order valence-corrected chi connectivity index (χ1v) is 6.11. The molecule has 1 aliphatic carbocycles. The predicted molar refractivity (Wildman–Crippen MR) is 62.6 cm³/mol. The summed E-state index contributed by atoms with van der Waals surface area (Å²) in [6.07, 6.45) is 2.91. The van der Waals surface area contributed by atoms with E-state index < -0.39 is 17.2 Å². The molecule has 3 heteroatoms. The van der Waals surface area contributed by atoms with Crippen LogP contribution in [-0.2, 0) is 5.60 Å². The van der Waals surface area contributed by atoms with E-state index in [1.54, 1.807) is 0 Å². The van der Waals surface area contributed by atoms with Crippen LogP contribution in [0, 0.1) is 24.5 Å². The summed E-state index contributed by atoms with van der Waals surface area (Å²) in [5.41, 5.74) is -0.804. The zero-order valence-electron chi connectivity index (χ0n) is 10.3. The smallest absolute Gasteiger partial charge is 0.165 e. The highest BCUT2D eigenvalue weighted by molar-refractivity contribution is 5.30. The molecule has 94 valence electrons. The van der Waals surface area contributed by atoms with Gasteiger partial charge in [0, 0.05) is 5.56 Å². The maximum absolute atomic E-state index is 13.9. The van der Waals surface area contributed by atoms with Gasteiger partial charge in [0.1, 0.15) is 0 Å². The molecule has 0 bridgehead atoms. The van der Waals surface area contributed by atoms with Crippen molar-refractivity contribution in [3.8, 4) is 0 Å². The van der Waals surface area contributed by atoms with Gasteiger partial charge in [-0.3, -0.25) is 0 Å². The molecule has 2 unspecified atom stereocenters. The first-order valence-electron chi connectivity index (χ1n) is 6.11. The van der Waals surface area contributed by atoms with Crippen LogP contribution in [0.1, 0.15) is 43.7 Å². The van der Waals surface area contributed by atoms with E-state index >= 15 is 0 Å². The van der Waals surface area contributed by atoms with Crippen molar-refractivity contribution in [3.05, 3.63) is 34.9 Å². The molecule has 17 heavy (non-hydrogen) atoms. The Hall–Kier alpha value is -0.960. The standard InChI is InChI=1S/C14H18F2O/c1-9-4-3-7-14(17,8-9)11-6-5-10(2)12(15)13(11)16/h5-6,9,17H,3-4,7-8H2,1-2H3. The van der Waals surface area contributed by atoms with Crippen LogP contribution in [0.4, 0.5) is 8.78 Å². The molecular weight excluding hydrogens is 222 g/mol. The fraction of sp³-hybridized carbons (Fsp3) is 0.571. The van der Waals surface area contributed by atoms with Crippen molar-refractivity contribution in [2.24, 2.45) is 5.92 Å². The number of hydrogen-bond acceptors (Lipinski definition) is 1. The summed E-state index contributed by atoms with van der Waals surface area (Å²) in [4.78, 5) is 0. The van der Waals surface area contributed by atoms with Crippen molar-refractivity contribution < 1.29 is 13.9 Å². The minimum Gasteiger partial charge on any atom is -0.385 e. The maximum atomic E-state index is 13.9. The highest BCUT2D eigenvalue weighted by Gasteiger charge is 2.37. The Labute approximate surface area is 100 Å². The molecule has 2 rings (SSSR count). The Balaban J connectivity index is 2.42. The third-order valence-corrected chi connectivity index (χ3v) is 3.75. The van der Waals surface area contributed by atoms with Crippen LogP contribution in [0.25, 0.3) is 0 Å². The van der Waals surface area contributed by atoms with E-state index in [0.717, 1.165) is 12.8 Å². The van der Waals surface area contributed by atoms with E-state index in [-0.39, 0.29) is 11.1 Å². The van der Waals surface area contributed by atoms with Crippen LogP contribution in [-0.4, -0.2) is 5.11 Å². The number of aliphatic hydroxyl groups is 1. The van der Waals surface area contributed by atoms with Gasteiger partial charge in [-0.05, 0) is 37.7 Å². The van der Waals surface area contributed by atoms with Gasteiger partial charge in [-0.25, -0.2) is 8.78 Å². The number of halogens is 2. The van der Waals surface area contributed by atoms with Crippen molar-refractivity contribution in [2.45, 2.75) is 45.1 Å². The zero-order chi connectivity index (χ0) is 12.6. The summed E-state index contributed by atoms with van der Waals surface area (Å²) < 4.78 is 27.4. The Morgan fingerprint density at radius 2 is 2.00 bits per heavy atom. The maximum Gasteiger partial charge on any atom is 0.165 e. The van der Waals surface area contributed by atoms with Gasteiger partial charge in [-0.15, -0.1) is 0 Å². The van der Waals surface area contributed by atoms with E-state index in [0.29, 0.717) is 18.8 Å².